The highest BCUT2D eigenvalue weighted by molar-refractivity contribution is 7.92. The fourth-order valence-corrected chi connectivity index (χ4v) is 1.53. The first-order chi connectivity index (χ1) is 6.45. The van der Waals surface area contributed by atoms with E-state index < -0.39 is 10.0 Å². The molecular formula is C9H12NO3S. The van der Waals surface area contributed by atoms with E-state index >= 15 is 0 Å². The van der Waals surface area contributed by atoms with Crippen molar-refractivity contribution in [1.29, 1.82) is 0 Å². The lowest BCUT2D eigenvalue weighted by molar-refractivity contribution is 0.177. The molecule has 0 fully saturated rings. The summed E-state index contributed by atoms with van der Waals surface area (Å²) in [6, 6.07) is 6.57. The molecule has 0 N–H and O–H groups in total. The van der Waals surface area contributed by atoms with E-state index in [2.05, 4.69) is 0 Å². The van der Waals surface area contributed by atoms with Crippen molar-refractivity contribution in [2.24, 2.45) is 0 Å². The number of rotatable bonds is 3. The second-order valence-corrected chi connectivity index (χ2v) is 5.06. The quantitative estimate of drug-likeness (QED) is 0.754. The van der Waals surface area contributed by atoms with Crippen molar-refractivity contribution in [3.05, 3.63) is 29.8 Å². The molecule has 0 aliphatic heterocycles. The van der Waals surface area contributed by atoms with Crippen LogP contribution >= 0.6 is 0 Å². The van der Waals surface area contributed by atoms with Crippen molar-refractivity contribution in [3.63, 3.8) is 0 Å². The third-order valence-corrected chi connectivity index (χ3v) is 3.14. The minimum Gasteiger partial charge on any atom is -0.274 e. The monoisotopic (exact) mass is 214 g/mol. The van der Waals surface area contributed by atoms with Crippen molar-refractivity contribution >= 4 is 15.7 Å². The molecule has 14 heavy (non-hydrogen) atoms. The minimum atomic E-state index is -3.25. The predicted octanol–water partition coefficient (Wildman–Crippen LogP) is 1.01. The Labute approximate surface area is 83.8 Å². The zero-order valence-corrected chi connectivity index (χ0v) is 8.91. The maximum atomic E-state index is 11.2. The van der Waals surface area contributed by atoms with Crippen LogP contribution < -0.4 is 4.31 Å². The van der Waals surface area contributed by atoms with Gasteiger partial charge in [0.2, 0.25) is 10.0 Å². The number of benzene rings is 1. The minimum absolute atomic E-state index is 0.342. The molecule has 0 heterocycles. The highest BCUT2D eigenvalue weighted by Crippen LogP contribution is 2.16. The van der Waals surface area contributed by atoms with Crippen LogP contribution in [0, 0.1) is 0 Å². The van der Waals surface area contributed by atoms with E-state index in [1.54, 1.807) is 24.3 Å². The fourth-order valence-electron chi connectivity index (χ4n) is 1.03. The summed E-state index contributed by atoms with van der Waals surface area (Å²) in [6.45, 7) is -0.342. The molecule has 1 aromatic rings. The van der Waals surface area contributed by atoms with E-state index in [0.29, 0.717) is 11.3 Å². The number of anilines is 1. The van der Waals surface area contributed by atoms with Crippen LogP contribution in [0.2, 0.25) is 0 Å². The molecule has 4 nitrogen and oxygen atoms in total. The van der Waals surface area contributed by atoms with Crippen molar-refractivity contribution in [2.75, 3.05) is 17.6 Å². The van der Waals surface area contributed by atoms with Gasteiger partial charge < -0.3 is 0 Å². The Morgan fingerprint density at radius 1 is 1.36 bits per heavy atom. The Bertz CT molecular complexity index is 414. The molecule has 0 aliphatic carbocycles. The van der Waals surface area contributed by atoms with Gasteiger partial charge in [0.25, 0.3) is 0 Å². The molecule has 5 heteroatoms. The average molecular weight is 214 g/mol. The maximum absolute atomic E-state index is 11.2. The van der Waals surface area contributed by atoms with E-state index in [1.807, 2.05) is 0 Å². The molecule has 0 aromatic heterocycles. The summed E-state index contributed by atoms with van der Waals surface area (Å²) < 4.78 is 23.5. The van der Waals surface area contributed by atoms with E-state index in [9.17, 15) is 13.5 Å². The van der Waals surface area contributed by atoms with Crippen LogP contribution in [-0.4, -0.2) is 21.7 Å². The van der Waals surface area contributed by atoms with Crippen LogP contribution in [0.4, 0.5) is 5.69 Å². The molecule has 0 spiro atoms. The Kier molecular flexibility index (Phi) is 3.13. The van der Waals surface area contributed by atoms with Crippen LogP contribution in [0.3, 0.4) is 0 Å². The maximum Gasteiger partial charge on any atom is 0.231 e. The third-order valence-electron chi connectivity index (χ3n) is 1.94. The predicted molar refractivity (Wildman–Crippen MR) is 54.1 cm³/mol. The number of hydrogen-bond donors (Lipinski definition) is 0. The van der Waals surface area contributed by atoms with Gasteiger partial charge in [0.15, 0.2) is 0 Å². The van der Waals surface area contributed by atoms with Crippen LogP contribution in [0.5, 0.6) is 0 Å². The SMILES string of the molecule is CN(c1cccc(C[O])c1)S(C)(=O)=O. The van der Waals surface area contributed by atoms with Gasteiger partial charge in [-0.15, -0.1) is 0 Å². The standard InChI is InChI=1S/C9H12NO3S/c1-10(14(2,12)13)9-5-3-4-8(6-9)7-11/h3-6H,7H2,1-2H3. The lowest BCUT2D eigenvalue weighted by atomic mass is 10.2. The molecule has 1 rings (SSSR count). The molecule has 0 atom stereocenters. The Morgan fingerprint density at radius 2 is 2.00 bits per heavy atom. The molecule has 77 valence electrons. The zero-order chi connectivity index (χ0) is 10.8. The van der Waals surface area contributed by atoms with Gasteiger partial charge in [-0.05, 0) is 17.7 Å². The lowest BCUT2D eigenvalue weighted by Crippen LogP contribution is -2.24. The second kappa shape index (κ2) is 3.98. The summed E-state index contributed by atoms with van der Waals surface area (Å²) >= 11 is 0. The Morgan fingerprint density at radius 3 is 2.50 bits per heavy atom. The van der Waals surface area contributed by atoms with Gasteiger partial charge in [-0.2, -0.15) is 0 Å². The van der Waals surface area contributed by atoms with Gasteiger partial charge in [-0.25, -0.2) is 13.5 Å². The topological polar surface area (TPSA) is 57.3 Å². The summed E-state index contributed by atoms with van der Waals surface area (Å²) in [7, 11) is -1.79. The molecule has 0 unspecified atom stereocenters. The first kappa shape index (κ1) is 11.0. The van der Waals surface area contributed by atoms with Gasteiger partial charge in [-0.3, -0.25) is 4.31 Å². The summed E-state index contributed by atoms with van der Waals surface area (Å²) in [5.74, 6) is 0. The lowest BCUT2D eigenvalue weighted by Gasteiger charge is -2.16. The molecule has 1 radical (unpaired) electrons. The summed E-state index contributed by atoms with van der Waals surface area (Å²) in [5.41, 5.74) is 1.10. The molecule has 0 bridgehead atoms. The van der Waals surface area contributed by atoms with Crippen molar-refractivity contribution in [2.45, 2.75) is 6.61 Å². The highest BCUT2D eigenvalue weighted by atomic mass is 32.2. The van der Waals surface area contributed by atoms with Gasteiger partial charge in [0, 0.05) is 7.05 Å². The normalized spacial score (nSPS) is 11.4. The van der Waals surface area contributed by atoms with E-state index in [-0.39, 0.29) is 6.61 Å². The number of nitrogens with zero attached hydrogens (tertiary/aromatic N) is 1. The van der Waals surface area contributed by atoms with Crippen molar-refractivity contribution in [3.8, 4) is 0 Å². The summed E-state index contributed by atoms with van der Waals surface area (Å²) in [5, 5.41) is 10.6. The van der Waals surface area contributed by atoms with E-state index in [0.717, 1.165) is 10.6 Å². The van der Waals surface area contributed by atoms with Crippen LogP contribution in [-0.2, 0) is 21.7 Å². The number of hydrogen-bond acceptors (Lipinski definition) is 2. The van der Waals surface area contributed by atoms with Gasteiger partial charge in [0.05, 0.1) is 11.9 Å². The third kappa shape index (κ3) is 2.46. The Hall–Kier alpha value is -1.07. The second-order valence-electron chi connectivity index (χ2n) is 3.04. The van der Waals surface area contributed by atoms with Crippen molar-refractivity contribution < 1.29 is 13.5 Å². The first-order valence-electron chi connectivity index (χ1n) is 4.06. The molecule has 0 saturated heterocycles. The van der Waals surface area contributed by atoms with Crippen LogP contribution in [0.25, 0.3) is 0 Å². The first-order valence-corrected chi connectivity index (χ1v) is 5.91. The summed E-state index contributed by atoms with van der Waals surface area (Å²) in [6.07, 6.45) is 1.12. The molecule has 1 aromatic carbocycles. The number of sulfonamides is 1. The van der Waals surface area contributed by atoms with Gasteiger partial charge >= 0.3 is 0 Å². The largest absolute Gasteiger partial charge is 0.274 e. The van der Waals surface area contributed by atoms with Crippen LogP contribution in [0.15, 0.2) is 24.3 Å². The molecule has 0 amide bonds. The van der Waals surface area contributed by atoms with Gasteiger partial charge in [-0.1, -0.05) is 12.1 Å². The van der Waals surface area contributed by atoms with E-state index in [4.69, 9.17) is 0 Å². The molecular weight excluding hydrogens is 202 g/mol. The fraction of sp³-hybridized carbons (Fsp3) is 0.333. The highest BCUT2D eigenvalue weighted by Gasteiger charge is 2.11. The van der Waals surface area contributed by atoms with E-state index in [1.165, 1.54) is 7.05 Å². The molecule has 0 aliphatic rings. The summed E-state index contributed by atoms with van der Waals surface area (Å²) in [4.78, 5) is 0. The Balaban J connectivity index is 3.08. The van der Waals surface area contributed by atoms with Gasteiger partial charge in [0.1, 0.15) is 6.61 Å². The smallest absolute Gasteiger partial charge is 0.231 e. The van der Waals surface area contributed by atoms with Crippen LogP contribution in [0.1, 0.15) is 5.56 Å². The van der Waals surface area contributed by atoms with Crippen molar-refractivity contribution in [1.82, 2.24) is 0 Å². The zero-order valence-electron chi connectivity index (χ0n) is 8.10. The average Bonchev–Trinajstić information content (AvgIpc) is 2.15. The molecule has 0 saturated carbocycles.